The van der Waals surface area contributed by atoms with Crippen LogP contribution in [-0.2, 0) is 17.6 Å². The second-order valence-electron chi connectivity index (χ2n) is 6.25. The van der Waals surface area contributed by atoms with Crippen LogP contribution in [0.1, 0.15) is 30.4 Å². The fourth-order valence-electron chi connectivity index (χ4n) is 3.67. The highest BCUT2D eigenvalue weighted by Crippen LogP contribution is 2.32. The zero-order valence-electron chi connectivity index (χ0n) is 12.4. The van der Waals surface area contributed by atoms with Crippen LogP contribution in [0.25, 0.3) is 0 Å². The molecule has 1 saturated heterocycles. The number of non-ortho nitro benzene ring substituents is 1. The van der Waals surface area contributed by atoms with Gasteiger partial charge in [-0.25, -0.2) is 0 Å². The van der Waals surface area contributed by atoms with Gasteiger partial charge in [0.15, 0.2) is 0 Å². The van der Waals surface area contributed by atoms with Crippen LogP contribution in [0, 0.1) is 16.0 Å². The molecule has 0 saturated carbocycles. The average Bonchev–Trinajstić information content (AvgIpc) is 3.11. The van der Waals surface area contributed by atoms with Gasteiger partial charge in [0, 0.05) is 25.1 Å². The number of nitro groups is 1. The van der Waals surface area contributed by atoms with Gasteiger partial charge in [0.1, 0.15) is 0 Å². The minimum atomic E-state index is -0.380. The zero-order chi connectivity index (χ0) is 15.7. The van der Waals surface area contributed by atoms with Gasteiger partial charge in [-0.3, -0.25) is 14.9 Å². The molecule has 1 heterocycles. The first-order valence-electron chi connectivity index (χ1n) is 7.75. The maximum absolute atomic E-state index is 12.4. The summed E-state index contributed by atoms with van der Waals surface area (Å²) in [5.74, 6) is 0.313. The molecule has 22 heavy (non-hydrogen) atoms. The molecule has 6 heteroatoms. The van der Waals surface area contributed by atoms with Crippen molar-refractivity contribution in [1.82, 2.24) is 4.90 Å². The lowest BCUT2D eigenvalue weighted by atomic mass is 10.0. The Morgan fingerprint density at radius 1 is 1.36 bits per heavy atom. The quantitative estimate of drug-likeness (QED) is 0.677. The number of nitro benzene ring substituents is 1. The van der Waals surface area contributed by atoms with Crippen LogP contribution in [-0.4, -0.2) is 40.0 Å². The fraction of sp³-hybridized carbons (Fsp3) is 0.562. The van der Waals surface area contributed by atoms with Crippen LogP contribution in [0.5, 0.6) is 0 Å². The molecule has 1 fully saturated rings. The molecule has 1 N–H and O–H groups in total. The van der Waals surface area contributed by atoms with E-state index in [1.165, 1.54) is 6.07 Å². The fourth-order valence-corrected chi connectivity index (χ4v) is 3.67. The second kappa shape index (κ2) is 6.04. The summed E-state index contributed by atoms with van der Waals surface area (Å²) in [4.78, 5) is 24.6. The molecule has 6 nitrogen and oxygen atoms in total. The molecule has 0 bridgehead atoms. The summed E-state index contributed by atoms with van der Waals surface area (Å²) in [6.45, 7) is 0.762. The summed E-state index contributed by atoms with van der Waals surface area (Å²) in [6.07, 6.45) is 3.81. The third-order valence-electron chi connectivity index (χ3n) is 4.79. The first kappa shape index (κ1) is 15.0. The normalized spacial score (nSPS) is 23.6. The lowest BCUT2D eigenvalue weighted by molar-refractivity contribution is -0.384. The first-order chi connectivity index (χ1) is 10.6. The maximum atomic E-state index is 12.4. The van der Waals surface area contributed by atoms with Crippen molar-refractivity contribution < 1.29 is 14.8 Å². The third-order valence-corrected chi connectivity index (χ3v) is 4.79. The van der Waals surface area contributed by atoms with Gasteiger partial charge >= 0.3 is 0 Å². The van der Waals surface area contributed by atoms with Crippen LogP contribution < -0.4 is 0 Å². The Hall–Kier alpha value is -1.95. The Kier molecular flexibility index (Phi) is 4.11. The maximum Gasteiger partial charge on any atom is 0.269 e. The number of hydrogen-bond acceptors (Lipinski definition) is 4. The standard InChI is InChI=1S/C16H20N2O4/c19-10-15-2-1-5-17(15)16(20)8-11-6-12-3-4-14(18(21)22)9-13(12)7-11/h3-4,9,11,15,19H,1-2,5-8,10H2/t11?,15-/m0/s1. The predicted molar refractivity (Wildman–Crippen MR) is 80.4 cm³/mol. The molecule has 2 atom stereocenters. The molecule has 0 spiro atoms. The van der Waals surface area contributed by atoms with Crippen LogP contribution in [0.2, 0.25) is 0 Å². The second-order valence-corrected chi connectivity index (χ2v) is 6.25. The predicted octanol–water partition coefficient (Wildman–Crippen LogP) is 1.68. The number of likely N-dealkylation sites (tertiary alicyclic amines) is 1. The van der Waals surface area contributed by atoms with Gasteiger partial charge in [-0.05, 0) is 42.7 Å². The van der Waals surface area contributed by atoms with Gasteiger partial charge in [-0.1, -0.05) is 6.07 Å². The van der Waals surface area contributed by atoms with Crippen molar-refractivity contribution in [2.24, 2.45) is 5.92 Å². The van der Waals surface area contributed by atoms with E-state index in [1.54, 1.807) is 11.0 Å². The van der Waals surface area contributed by atoms with Gasteiger partial charge in [-0.15, -0.1) is 0 Å². The van der Waals surface area contributed by atoms with Crippen molar-refractivity contribution >= 4 is 11.6 Å². The van der Waals surface area contributed by atoms with E-state index < -0.39 is 0 Å². The van der Waals surface area contributed by atoms with Crippen LogP contribution >= 0.6 is 0 Å². The summed E-state index contributed by atoms with van der Waals surface area (Å²) in [5.41, 5.74) is 2.22. The number of nitrogens with zero attached hydrogens (tertiary/aromatic N) is 2. The monoisotopic (exact) mass is 304 g/mol. The van der Waals surface area contributed by atoms with Crippen molar-refractivity contribution in [2.45, 2.75) is 38.1 Å². The summed E-state index contributed by atoms with van der Waals surface area (Å²) in [7, 11) is 0. The highest BCUT2D eigenvalue weighted by molar-refractivity contribution is 5.77. The molecule has 2 aliphatic rings. The molecular weight excluding hydrogens is 284 g/mol. The van der Waals surface area contributed by atoms with E-state index in [-0.39, 0.29) is 35.1 Å². The number of hydrogen-bond donors (Lipinski definition) is 1. The molecule has 3 rings (SSSR count). The number of fused-ring (bicyclic) bond motifs is 1. The van der Waals surface area contributed by atoms with E-state index in [0.717, 1.165) is 43.4 Å². The molecule has 0 aromatic heterocycles. The Bertz CT molecular complexity index is 602. The number of aliphatic hydroxyl groups excluding tert-OH is 1. The first-order valence-corrected chi connectivity index (χ1v) is 7.75. The highest BCUT2D eigenvalue weighted by Gasteiger charge is 2.31. The van der Waals surface area contributed by atoms with Crippen LogP contribution in [0.15, 0.2) is 18.2 Å². The SMILES string of the molecule is O=C(CC1Cc2ccc([N+](=O)[O-])cc2C1)N1CCC[C@H]1CO. The zero-order valence-corrected chi connectivity index (χ0v) is 12.4. The van der Waals surface area contributed by atoms with Gasteiger partial charge in [0.2, 0.25) is 5.91 Å². The smallest absolute Gasteiger partial charge is 0.269 e. The highest BCUT2D eigenvalue weighted by atomic mass is 16.6. The third kappa shape index (κ3) is 2.83. The van der Waals surface area contributed by atoms with Crippen molar-refractivity contribution in [2.75, 3.05) is 13.2 Å². The summed E-state index contributed by atoms with van der Waals surface area (Å²) < 4.78 is 0. The average molecular weight is 304 g/mol. The molecule has 118 valence electrons. The number of carbonyl (C=O) groups excluding carboxylic acids is 1. The van der Waals surface area contributed by atoms with Crippen molar-refractivity contribution in [3.63, 3.8) is 0 Å². The van der Waals surface area contributed by atoms with E-state index in [2.05, 4.69) is 0 Å². The van der Waals surface area contributed by atoms with Crippen molar-refractivity contribution in [3.8, 4) is 0 Å². The summed E-state index contributed by atoms with van der Waals surface area (Å²) in [5, 5.41) is 20.1. The number of rotatable bonds is 4. The van der Waals surface area contributed by atoms with Gasteiger partial charge in [-0.2, -0.15) is 0 Å². The van der Waals surface area contributed by atoms with E-state index in [4.69, 9.17) is 0 Å². The minimum Gasteiger partial charge on any atom is -0.394 e. The molecule has 1 aromatic rings. The number of amides is 1. The van der Waals surface area contributed by atoms with Gasteiger partial charge in [0.05, 0.1) is 17.6 Å². The van der Waals surface area contributed by atoms with Gasteiger partial charge in [0.25, 0.3) is 5.69 Å². The Morgan fingerprint density at radius 2 is 2.14 bits per heavy atom. The van der Waals surface area contributed by atoms with Crippen molar-refractivity contribution in [3.05, 3.63) is 39.4 Å². The minimum absolute atomic E-state index is 0.0302. The van der Waals surface area contributed by atoms with E-state index in [9.17, 15) is 20.0 Å². The molecule has 1 unspecified atom stereocenters. The Morgan fingerprint density at radius 3 is 2.86 bits per heavy atom. The van der Waals surface area contributed by atoms with E-state index in [1.807, 2.05) is 6.07 Å². The molecule has 1 aliphatic carbocycles. The summed E-state index contributed by atoms with van der Waals surface area (Å²) in [6, 6.07) is 4.94. The lowest BCUT2D eigenvalue weighted by Crippen LogP contribution is -2.38. The molecular formula is C16H20N2O4. The van der Waals surface area contributed by atoms with E-state index >= 15 is 0 Å². The van der Waals surface area contributed by atoms with Gasteiger partial charge < -0.3 is 10.0 Å². The van der Waals surface area contributed by atoms with Crippen LogP contribution in [0.4, 0.5) is 5.69 Å². The molecule has 1 aromatic carbocycles. The molecule has 1 aliphatic heterocycles. The molecule has 0 radical (unpaired) electrons. The van der Waals surface area contributed by atoms with Crippen LogP contribution in [0.3, 0.4) is 0 Å². The van der Waals surface area contributed by atoms with Crippen molar-refractivity contribution in [1.29, 1.82) is 0 Å². The summed E-state index contributed by atoms with van der Waals surface area (Å²) >= 11 is 0. The Balaban J connectivity index is 1.64. The lowest BCUT2D eigenvalue weighted by Gasteiger charge is -2.24. The Labute approximate surface area is 128 Å². The van der Waals surface area contributed by atoms with E-state index in [0.29, 0.717) is 6.42 Å². The number of aliphatic hydroxyl groups is 1. The molecule has 1 amide bonds. The number of carbonyl (C=O) groups is 1. The largest absolute Gasteiger partial charge is 0.394 e. The topological polar surface area (TPSA) is 83.7 Å². The number of benzene rings is 1.